The van der Waals surface area contributed by atoms with Crippen molar-refractivity contribution >= 4 is 40.6 Å². The van der Waals surface area contributed by atoms with Crippen LogP contribution in [-0.4, -0.2) is 47.6 Å². The van der Waals surface area contributed by atoms with Crippen LogP contribution < -0.4 is 0 Å². The molecule has 0 radical (unpaired) electrons. The van der Waals surface area contributed by atoms with E-state index in [0.717, 1.165) is 42.8 Å². The largest absolute Gasteiger partial charge is 0.340 e. The number of carbonyl (C=O) groups excluding carboxylic acids is 1. The highest BCUT2D eigenvalue weighted by Crippen LogP contribution is 2.23. The number of hydrogen-bond acceptors (Lipinski definition) is 4. The van der Waals surface area contributed by atoms with E-state index in [1.165, 1.54) is 9.77 Å². The molecule has 0 bridgehead atoms. The maximum atomic E-state index is 12.3. The van der Waals surface area contributed by atoms with E-state index in [1.807, 2.05) is 29.2 Å². The number of carbonyl (C=O) groups is 1. The molecule has 6 heteroatoms. The molecule has 1 saturated heterocycles. The lowest BCUT2D eigenvalue weighted by molar-refractivity contribution is -0.132. The Morgan fingerprint density at radius 3 is 2.50 bits per heavy atom. The second-order valence-electron chi connectivity index (χ2n) is 5.77. The van der Waals surface area contributed by atoms with E-state index in [-0.39, 0.29) is 5.91 Å². The van der Waals surface area contributed by atoms with Gasteiger partial charge in [-0.3, -0.25) is 9.69 Å². The first-order valence-corrected chi connectivity index (χ1v) is 10.3. The zero-order chi connectivity index (χ0) is 16.8. The van der Waals surface area contributed by atoms with Crippen molar-refractivity contribution in [2.75, 3.05) is 31.9 Å². The predicted octanol–water partition coefficient (Wildman–Crippen LogP) is 4.23. The van der Waals surface area contributed by atoms with Gasteiger partial charge in [-0.25, -0.2) is 0 Å². The molecular formula is C18H21ClN2OS2. The molecule has 0 atom stereocenters. The monoisotopic (exact) mass is 380 g/mol. The van der Waals surface area contributed by atoms with E-state index in [9.17, 15) is 4.79 Å². The molecule has 0 spiro atoms. The van der Waals surface area contributed by atoms with Crippen molar-refractivity contribution < 1.29 is 4.79 Å². The molecule has 1 aliphatic heterocycles. The van der Waals surface area contributed by atoms with Crippen LogP contribution in [0.5, 0.6) is 0 Å². The summed E-state index contributed by atoms with van der Waals surface area (Å²) in [6.07, 6.45) is 0.611. The van der Waals surface area contributed by atoms with Gasteiger partial charge < -0.3 is 4.90 Å². The normalized spacial score (nSPS) is 15.6. The summed E-state index contributed by atoms with van der Waals surface area (Å²) in [4.78, 5) is 19.2. The van der Waals surface area contributed by atoms with E-state index in [1.54, 1.807) is 23.1 Å². The average molecular weight is 381 g/mol. The molecule has 1 aliphatic rings. The van der Waals surface area contributed by atoms with Crippen LogP contribution >= 0.6 is 34.7 Å². The standard InChI is InChI=1S/C18H21ClN2OS2/c19-17-7-6-16(24-17)14-20-9-11-21(12-10-20)18(22)8-13-23-15-4-2-1-3-5-15/h1-7H,8-14H2. The average Bonchev–Trinajstić information content (AvgIpc) is 3.01. The highest BCUT2D eigenvalue weighted by Gasteiger charge is 2.21. The van der Waals surface area contributed by atoms with Crippen molar-refractivity contribution in [3.63, 3.8) is 0 Å². The summed E-state index contributed by atoms with van der Waals surface area (Å²) >= 11 is 9.37. The van der Waals surface area contributed by atoms with Crippen LogP contribution in [0.2, 0.25) is 4.34 Å². The van der Waals surface area contributed by atoms with Gasteiger partial charge in [0.25, 0.3) is 0 Å². The van der Waals surface area contributed by atoms with E-state index in [2.05, 4.69) is 23.1 Å². The summed E-state index contributed by atoms with van der Waals surface area (Å²) < 4.78 is 0.842. The molecule has 0 aliphatic carbocycles. The van der Waals surface area contributed by atoms with Crippen molar-refractivity contribution in [2.24, 2.45) is 0 Å². The van der Waals surface area contributed by atoms with Gasteiger partial charge in [-0.05, 0) is 24.3 Å². The van der Waals surface area contributed by atoms with Crippen molar-refractivity contribution in [1.82, 2.24) is 9.80 Å². The van der Waals surface area contributed by atoms with Crippen molar-refractivity contribution in [1.29, 1.82) is 0 Å². The Balaban J connectivity index is 1.37. The first-order chi connectivity index (χ1) is 11.7. The first kappa shape index (κ1) is 17.8. The number of hydrogen-bond donors (Lipinski definition) is 0. The summed E-state index contributed by atoms with van der Waals surface area (Å²) in [6.45, 7) is 4.46. The van der Waals surface area contributed by atoms with Crippen LogP contribution in [0.4, 0.5) is 0 Å². The van der Waals surface area contributed by atoms with E-state index < -0.39 is 0 Å². The fourth-order valence-corrected chi connectivity index (χ4v) is 4.74. The highest BCUT2D eigenvalue weighted by atomic mass is 35.5. The lowest BCUT2D eigenvalue weighted by atomic mass is 10.2. The Bertz CT molecular complexity index is 654. The van der Waals surface area contributed by atoms with Crippen LogP contribution in [0.1, 0.15) is 11.3 Å². The second kappa shape index (κ2) is 8.90. The number of piperazine rings is 1. The zero-order valence-corrected chi connectivity index (χ0v) is 15.9. The maximum absolute atomic E-state index is 12.3. The fourth-order valence-electron chi connectivity index (χ4n) is 2.74. The molecule has 128 valence electrons. The molecule has 0 saturated carbocycles. The molecule has 3 nitrogen and oxygen atoms in total. The van der Waals surface area contributed by atoms with Gasteiger partial charge in [-0.2, -0.15) is 0 Å². The van der Waals surface area contributed by atoms with Gasteiger partial charge in [0.2, 0.25) is 5.91 Å². The van der Waals surface area contributed by atoms with Crippen molar-refractivity contribution in [3.05, 3.63) is 51.7 Å². The van der Waals surface area contributed by atoms with Gasteiger partial charge in [-0.15, -0.1) is 23.1 Å². The number of thioether (sulfide) groups is 1. The molecule has 1 aromatic carbocycles. The number of thiophene rings is 1. The minimum atomic E-state index is 0.275. The molecule has 1 amide bonds. The molecule has 24 heavy (non-hydrogen) atoms. The highest BCUT2D eigenvalue weighted by molar-refractivity contribution is 7.99. The van der Waals surface area contributed by atoms with Gasteiger partial charge in [0.15, 0.2) is 0 Å². The second-order valence-corrected chi connectivity index (χ2v) is 8.74. The Morgan fingerprint density at radius 1 is 1.08 bits per heavy atom. The van der Waals surface area contributed by atoms with Gasteiger partial charge in [0.05, 0.1) is 4.34 Å². The minimum absolute atomic E-state index is 0.275. The van der Waals surface area contributed by atoms with Crippen LogP contribution in [-0.2, 0) is 11.3 Å². The predicted molar refractivity (Wildman–Crippen MR) is 103 cm³/mol. The smallest absolute Gasteiger partial charge is 0.223 e. The topological polar surface area (TPSA) is 23.6 Å². The minimum Gasteiger partial charge on any atom is -0.340 e. The molecule has 3 rings (SSSR count). The van der Waals surface area contributed by atoms with E-state index in [0.29, 0.717) is 6.42 Å². The number of amides is 1. The Labute approximate surface area is 156 Å². The van der Waals surface area contributed by atoms with Gasteiger partial charge in [0.1, 0.15) is 0 Å². The maximum Gasteiger partial charge on any atom is 0.223 e. The molecule has 1 fully saturated rings. The quantitative estimate of drug-likeness (QED) is 0.700. The molecule has 0 unspecified atom stereocenters. The van der Waals surface area contributed by atoms with Gasteiger partial charge in [0, 0.05) is 54.7 Å². The number of nitrogens with zero attached hydrogens (tertiary/aromatic N) is 2. The molecule has 0 N–H and O–H groups in total. The van der Waals surface area contributed by atoms with Crippen LogP contribution in [0, 0.1) is 0 Å². The summed E-state index contributed by atoms with van der Waals surface area (Å²) in [5.41, 5.74) is 0. The zero-order valence-electron chi connectivity index (χ0n) is 13.5. The summed E-state index contributed by atoms with van der Waals surface area (Å²) in [5.74, 6) is 1.12. The Kier molecular flexibility index (Phi) is 6.60. The number of halogens is 1. The third-order valence-electron chi connectivity index (χ3n) is 4.06. The van der Waals surface area contributed by atoms with Gasteiger partial charge in [-0.1, -0.05) is 29.8 Å². The number of rotatable bonds is 6. The first-order valence-electron chi connectivity index (χ1n) is 8.13. The Morgan fingerprint density at radius 2 is 1.83 bits per heavy atom. The van der Waals surface area contributed by atoms with Gasteiger partial charge >= 0.3 is 0 Å². The molecular weight excluding hydrogens is 360 g/mol. The van der Waals surface area contributed by atoms with E-state index in [4.69, 9.17) is 11.6 Å². The third kappa shape index (κ3) is 5.24. The van der Waals surface area contributed by atoms with Crippen LogP contribution in [0.15, 0.2) is 47.4 Å². The lowest BCUT2D eigenvalue weighted by Gasteiger charge is -2.34. The number of benzene rings is 1. The third-order valence-corrected chi connectivity index (χ3v) is 6.29. The van der Waals surface area contributed by atoms with E-state index >= 15 is 0 Å². The molecule has 2 aromatic rings. The molecule has 2 heterocycles. The summed E-state index contributed by atoms with van der Waals surface area (Å²) in [5, 5.41) is 0. The lowest BCUT2D eigenvalue weighted by Crippen LogP contribution is -2.48. The van der Waals surface area contributed by atoms with Crippen LogP contribution in [0.25, 0.3) is 0 Å². The van der Waals surface area contributed by atoms with Crippen molar-refractivity contribution in [2.45, 2.75) is 17.9 Å². The Hall–Kier alpha value is -1.01. The SMILES string of the molecule is O=C(CCSc1ccccc1)N1CCN(Cc2ccc(Cl)s2)CC1. The summed E-state index contributed by atoms with van der Waals surface area (Å²) in [7, 11) is 0. The van der Waals surface area contributed by atoms with Crippen LogP contribution in [0.3, 0.4) is 0 Å². The summed E-state index contributed by atoms with van der Waals surface area (Å²) in [6, 6.07) is 14.3. The van der Waals surface area contributed by atoms with Crippen molar-refractivity contribution in [3.8, 4) is 0 Å². The molecule has 1 aromatic heterocycles. The fraction of sp³-hybridized carbons (Fsp3) is 0.389.